The molecule has 1 aromatic heterocycles. The van der Waals surface area contributed by atoms with Crippen LogP contribution in [0.1, 0.15) is 37.5 Å². The van der Waals surface area contributed by atoms with E-state index < -0.39 is 0 Å². The molecule has 21 heavy (non-hydrogen) atoms. The molecular formula is C16H20N2O3. The molecule has 5 heteroatoms. The molecule has 0 saturated heterocycles. The molecule has 0 amide bonds. The lowest BCUT2D eigenvalue weighted by molar-refractivity contribution is 0.233. The molecule has 0 bridgehead atoms. The predicted molar refractivity (Wildman–Crippen MR) is 80.3 cm³/mol. The highest BCUT2D eigenvalue weighted by molar-refractivity contribution is 5.55. The van der Waals surface area contributed by atoms with Crippen molar-refractivity contribution in [3.8, 4) is 11.5 Å². The fourth-order valence-corrected chi connectivity index (χ4v) is 1.91. The van der Waals surface area contributed by atoms with E-state index in [1.54, 1.807) is 7.11 Å². The zero-order chi connectivity index (χ0) is 15.1. The molecule has 0 saturated carbocycles. The van der Waals surface area contributed by atoms with Crippen molar-refractivity contribution in [3.05, 3.63) is 41.6 Å². The van der Waals surface area contributed by atoms with Crippen LogP contribution in [0.15, 0.2) is 28.8 Å². The second-order valence-electron chi connectivity index (χ2n) is 4.55. The van der Waals surface area contributed by atoms with Gasteiger partial charge in [0.25, 0.3) is 5.89 Å². The number of aryl methyl sites for hydroxylation is 1. The second-order valence-corrected chi connectivity index (χ2v) is 4.55. The van der Waals surface area contributed by atoms with Crippen molar-refractivity contribution in [3.63, 3.8) is 0 Å². The monoisotopic (exact) mass is 288 g/mol. The van der Waals surface area contributed by atoms with Crippen molar-refractivity contribution in [1.82, 2.24) is 10.1 Å². The maximum atomic E-state index is 5.69. The average molecular weight is 288 g/mol. The summed E-state index contributed by atoms with van der Waals surface area (Å²) in [4.78, 5) is 4.26. The lowest BCUT2D eigenvalue weighted by Gasteiger charge is -2.09. The molecular weight excluding hydrogens is 268 g/mol. The van der Waals surface area contributed by atoms with Crippen molar-refractivity contribution < 1.29 is 14.0 Å². The van der Waals surface area contributed by atoms with E-state index in [9.17, 15) is 0 Å². The molecule has 1 heterocycles. The minimum absolute atomic E-state index is 0.232. The molecule has 1 aromatic carbocycles. The smallest absolute Gasteiger partial charge is 0.264 e. The average Bonchev–Trinajstić information content (AvgIpc) is 2.94. The van der Waals surface area contributed by atoms with E-state index in [1.807, 2.05) is 37.3 Å². The van der Waals surface area contributed by atoms with Gasteiger partial charge in [-0.1, -0.05) is 30.3 Å². The third-order valence-corrected chi connectivity index (χ3v) is 2.88. The molecule has 2 rings (SSSR count). The largest absolute Gasteiger partial charge is 0.493 e. The zero-order valence-electron chi connectivity index (χ0n) is 12.6. The second kappa shape index (κ2) is 7.47. The van der Waals surface area contributed by atoms with Gasteiger partial charge in [-0.25, -0.2) is 0 Å². The van der Waals surface area contributed by atoms with E-state index in [-0.39, 0.29) is 6.61 Å². The molecule has 0 unspecified atom stereocenters. The molecule has 0 atom stereocenters. The first-order valence-corrected chi connectivity index (χ1v) is 7.01. The summed E-state index contributed by atoms with van der Waals surface area (Å²) in [7, 11) is 1.62. The fourth-order valence-electron chi connectivity index (χ4n) is 1.91. The van der Waals surface area contributed by atoms with Gasteiger partial charge < -0.3 is 14.0 Å². The minimum atomic E-state index is 0.232. The number of ether oxygens (including phenoxy) is 2. The summed E-state index contributed by atoms with van der Waals surface area (Å²) in [6.07, 6.45) is 5.77. The molecule has 0 aliphatic heterocycles. The Kier molecular flexibility index (Phi) is 5.37. The Hall–Kier alpha value is -2.30. The van der Waals surface area contributed by atoms with E-state index in [1.165, 1.54) is 0 Å². The Morgan fingerprint density at radius 3 is 2.86 bits per heavy atom. The summed E-state index contributed by atoms with van der Waals surface area (Å²) in [5.41, 5.74) is 1.06. The van der Waals surface area contributed by atoms with Crippen LogP contribution < -0.4 is 9.47 Å². The van der Waals surface area contributed by atoms with Crippen molar-refractivity contribution in [1.29, 1.82) is 0 Å². The first-order chi connectivity index (χ1) is 10.3. The van der Waals surface area contributed by atoms with Crippen molar-refractivity contribution in [2.24, 2.45) is 0 Å². The number of hydrogen-bond donors (Lipinski definition) is 0. The van der Waals surface area contributed by atoms with Crippen LogP contribution >= 0.6 is 0 Å². The Balaban J connectivity index is 2.04. The Morgan fingerprint density at radius 1 is 1.29 bits per heavy atom. The summed E-state index contributed by atoms with van der Waals surface area (Å²) in [6.45, 7) is 4.28. The van der Waals surface area contributed by atoms with Crippen LogP contribution in [0.3, 0.4) is 0 Å². The molecule has 0 fully saturated rings. The van der Waals surface area contributed by atoms with Crippen LogP contribution in [0.25, 0.3) is 6.08 Å². The molecule has 0 aliphatic rings. The Bertz CT molecular complexity index is 605. The maximum Gasteiger partial charge on any atom is 0.264 e. The van der Waals surface area contributed by atoms with Crippen LogP contribution in [0.2, 0.25) is 0 Å². The number of methoxy groups -OCH3 is 1. The molecule has 0 N–H and O–H groups in total. The van der Waals surface area contributed by atoms with Crippen LogP contribution in [0.5, 0.6) is 11.5 Å². The van der Waals surface area contributed by atoms with Gasteiger partial charge in [0.2, 0.25) is 0 Å². The lowest BCUT2D eigenvalue weighted by atomic mass is 10.2. The number of rotatable bonds is 7. The molecule has 2 aromatic rings. The third kappa shape index (κ3) is 4.08. The topological polar surface area (TPSA) is 57.4 Å². The standard InChI is InChI=1S/C16H20N2O3/c1-4-6-12-8-9-13(14(10-12)19-3)20-11-16-17-15(7-5-2)18-21-16/h4,6,8-10H,5,7,11H2,1-3H3/b6-4+. The van der Waals surface area contributed by atoms with Crippen molar-refractivity contribution in [2.75, 3.05) is 7.11 Å². The highest BCUT2D eigenvalue weighted by atomic mass is 16.5. The van der Waals surface area contributed by atoms with Gasteiger partial charge in [-0.3, -0.25) is 0 Å². The summed E-state index contributed by atoms with van der Waals surface area (Å²) in [5, 5.41) is 3.89. The summed E-state index contributed by atoms with van der Waals surface area (Å²) in [6, 6.07) is 5.76. The Morgan fingerprint density at radius 2 is 2.14 bits per heavy atom. The predicted octanol–water partition coefficient (Wildman–Crippen LogP) is 3.64. The van der Waals surface area contributed by atoms with Gasteiger partial charge in [0.15, 0.2) is 23.9 Å². The van der Waals surface area contributed by atoms with E-state index in [2.05, 4.69) is 17.1 Å². The maximum absolute atomic E-state index is 5.69. The molecule has 0 aliphatic carbocycles. The SMILES string of the molecule is C/C=C/c1ccc(OCc2nc(CCC)no2)c(OC)c1. The fraction of sp³-hybridized carbons (Fsp3) is 0.375. The number of nitrogens with zero attached hydrogens (tertiary/aromatic N) is 2. The van der Waals surface area contributed by atoms with Gasteiger partial charge in [0.1, 0.15) is 0 Å². The van der Waals surface area contributed by atoms with E-state index >= 15 is 0 Å². The number of aromatic nitrogens is 2. The van der Waals surface area contributed by atoms with Gasteiger partial charge in [-0.15, -0.1) is 0 Å². The highest BCUT2D eigenvalue weighted by Gasteiger charge is 2.09. The normalized spacial score (nSPS) is 11.0. The van der Waals surface area contributed by atoms with E-state index in [0.717, 1.165) is 18.4 Å². The van der Waals surface area contributed by atoms with E-state index in [0.29, 0.717) is 23.2 Å². The van der Waals surface area contributed by atoms with Gasteiger partial charge in [0, 0.05) is 6.42 Å². The van der Waals surface area contributed by atoms with Crippen LogP contribution in [-0.2, 0) is 13.0 Å². The quantitative estimate of drug-likeness (QED) is 0.778. The first-order valence-electron chi connectivity index (χ1n) is 7.01. The van der Waals surface area contributed by atoms with Crippen LogP contribution in [0, 0.1) is 0 Å². The van der Waals surface area contributed by atoms with Crippen LogP contribution in [-0.4, -0.2) is 17.3 Å². The molecule has 0 radical (unpaired) electrons. The van der Waals surface area contributed by atoms with Crippen molar-refractivity contribution in [2.45, 2.75) is 33.3 Å². The molecule has 0 spiro atoms. The lowest BCUT2D eigenvalue weighted by Crippen LogP contribution is -1.98. The summed E-state index contributed by atoms with van der Waals surface area (Å²) < 4.78 is 16.2. The molecule has 5 nitrogen and oxygen atoms in total. The number of hydrogen-bond acceptors (Lipinski definition) is 5. The summed E-state index contributed by atoms with van der Waals surface area (Å²) in [5.74, 6) is 2.52. The molecule has 112 valence electrons. The van der Waals surface area contributed by atoms with Gasteiger partial charge >= 0.3 is 0 Å². The summed E-state index contributed by atoms with van der Waals surface area (Å²) >= 11 is 0. The van der Waals surface area contributed by atoms with Crippen molar-refractivity contribution >= 4 is 6.08 Å². The highest BCUT2D eigenvalue weighted by Crippen LogP contribution is 2.29. The first kappa shape index (κ1) is 15.1. The van der Waals surface area contributed by atoms with Gasteiger partial charge in [0.05, 0.1) is 7.11 Å². The van der Waals surface area contributed by atoms with Gasteiger partial charge in [-0.05, 0) is 31.0 Å². The third-order valence-electron chi connectivity index (χ3n) is 2.88. The van der Waals surface area contributed by atoms with Gasteiger partial charge in [-0.2, -0.15) is 4.98 Å². The minimum Gasteiger partial charge on any atom is -0.493 e. The van der Waals surface area contributed by atoms with Crippen LogP contribution in [0.4, 0.5) is 0 Å². The zero-order valence-corrected chi connectivity index (χ0v) is 12.6. The van der Waals surface area contributed by atoms with E-state index in [4.69, 9.17) is 14.0 Å². The Labute approximate surface area is 124 Å². The number of allylic oxidation sites excluding steroid dienone is 1. The number of benzene rings is 1.